The quantitative estimate of drug-likeness (QED) is 0.849. The van der Waals surface area contributed by atoms with Gasteiger partial charge in [-0.25, -0.2) is 4.98 Å². The van der Waals surface area contributed by atoms with Crippen molar-refractivity contribution >= 4 is 5.91 Å². The van der Waals surface area contributed by atoms with E-state index >= 15 is 0 Å². The van der Waals surface area contributed by atoms with Gasteiger partial charge in [0.25, 0.3) is 0 Å². The van der Waals surface area contributed by atoms with Crippen LogP contribution in [0.5, 0.6) is 5.75 Å². The number of halogens is 2. The van der Waals surface area contributed by atoms with Crippen LogP contribution in [0.4, 0.5) is 8.78 Å². The number of hydrogen-bond donors (Lipinski definition) is 2. The third kappa shape index (κ3) is 4.34. The second-order valence-corrected chi connectivity index (χ2v) is 4.01. The molecule has 0 aliphatic carbocycles. The van der Waals surface area contributed by atoms with E-state index in [0.717, 1.165) is 0 Å². The van der Waals surface area contributed by atoms with Crippen molar-refractivity contribution < 1.29 is 18.3 Å². The molecule has 2 aromatic rings. The minimum absolute atomic E-state index is 0.0692. The second-order valence-electron chi connectivity index (χ2n) is 4.01. The van der Waals surface area contributed by atoms with Crippen LogP contribution in [0.3, 0.4) is 0 Å². The lowest BCUT2D eigenvalue weighted by atomic mass is 10.1. The number of carbonyl (C=O) groups excluding carboxylic acids is 1. The SMILES string of the molecule is O=C(Cc1ccc(OC(F)F)cc1)NCc1ncc[nH]1. The number of aromatic nitrogens is 2. The zero-order valence-corrected chi connectivity index (χ0v) is 10.5. The standard InChI is InChI=1S/C13H13F2N3O2/c14-13(15)20-10-3-1-9(2-4-10)7-12(19)18-8-11-16-5-6-17-11/h1-6,13H,7-8H2,(H,16,17)(H,18,19). The van der Waals surface area contributed by atoms with Gasteiger partial charge in [0.05, 0.1) is 13.0 Å². The lowest BCUT2D eigenvalue weighted by molar-refractivity contribution is -0.120. The van der Waals surface area contributed by atoms with Crippen LogP contribution < -0.4 is 10.1 Å². The summed E-state index contributed by atoms with van der Waals surface area (Å²) in [5.74, 6) is 0.558. The van der Waals surface area contributed by atoms with Gasteiger partial charge in [0.2, 0.25) is 5.91 Å². The molecule has 1 aromatic heterocycles. The molecule has 0 saturated carbocycles. The largest absolute Gasteiger partial charge is 0.435 e. The van der Waals surface area contributed by atoms with Crippen LogP contribution in [0.15, 0.2) is 36.7 Å². The zero-order chi connectivity index (χ0) is 14.4. The van der Waals surface area contributed by atoms with Gasteiger partial charge in [0, 0.05) is 12.4 Å². The summed E-state index contributed by atoms with van der Waals surface area (Å²) in [4.78, 5) is 18.5. The van der Waals surface area contributed by atoms with Gasteiger partial charge in [-0.3, -0.25) is 4.79 Å². The Morgan fingerprint density at radius 3 is 2.70 bits per heavy atom. The number of nitrogens with one attached hydrogen (secondary N) is 2. The highest BCUT2D eigenvalue weighted by molar-refractivity contribution is 5.78. The molecule has 0 bridgehead atoms. The van der Waals surface area contributed by atoms with Crippen molar-refractivity contribution in [1.29, 1.82) is 0 Å². The van der Waals surface area contributed by atoms with Crippen molar-refractivity contribution in [3.05, 3.63) is 48.0 Å². The van der Waals surface area contributed by atoms with Crippen molar-refractivity contribution in [3.63, 3.8) is 0 Å². The van der Waals surface area contributed by atoms with E-state index in [0.29, 0.717) is 17.9 Å². The van der Waals surface area contributed by atoms with Crippen molar-refractivity contribution in [1.82, 2.24) is 15.3 Å². The van der Waals surface area contributed by atoms with Gasteiger partial charge >= 0.3 is 6.61 Å². The Hall–Kier alpha value is -2.44. The van der Waals surface area contributed by atoms with Crippen LogP contribution in [-0.4, -0.2) is 22.5 Å². The molecule has 0 fully saturated rings. The highest BCUT2D eigenvalue weighted by atomic mass is 19.3. The Morgan fingerprint density at radius 1 is 1.35 bits per heavy atom. The summed E-state index contributed by atoms with van der Waals surface area (Å²) in [6.07, 6.45) is 3.43. The first-order valence-corrected chi connectivity index (χ1v) is 5.92. The Kier molecular flexibility index (Phi) is 4.65. The van der Waals surface area contributed by atoms with E-state index in [2.05, 4.69) is 20.0 Å². The first kappa shape index (κ1) is 14.0. The molecule has 0 unspecified atom stereocenters. The Morgan fingerprint density at radius 2 is 2.10 bits per heavy atom. The summed E-state index contributed by atoms with van der Waals surface area (Å²) in [5.41, 5.74) is 0.712. The normalized spacial score (nSPS) is 10.6. The molecule has 0 saturated heterocycles. The monoisotopic (exact) mass is 281 g/mol. The number of alkyl halides is 2. The number of rotatable bonds is 6. The molecule has 1 heterocycles. The van der Waals surface area contributed by atoms with E-state index in [1.54, 1.807) is 24.5 Å². The molecule has 2 N–H and O–H groups in total. The summed E-state index contributed by atoms with van der Waals surface area (Å²) in [6.45, 7) is -2.53. The van der Waals surface area contributed by atoms with Gasteiger partial charge in [-0.2, -0.15) is 8.78 Å². The predicted molar refractivity (Wildman–Crippen MR) is 67.2 cm³/mol. The van der Waals surface area contributed by atoms with E-state index in [1.807, 2.05) is 0 Å². The van der Waals surface area contributed by atoms with Crippen LogP contribution in [0.2, 0.25) is 0 Å². The van der Waals surface area contributed by atoms with Gasteiger partial charge in [-0.1, -0.05) is 12.1 Å². The lowest BCUT2D eigenvalue weighted by Gasteiger charge is -2.06. The van der Waals surface area contributed by atoms with Gasteiger partial charge in [0.1, 0.15) is 11.6 Å². The van der Waals surface area contributed by atoms with E-state index in [4.69, 9.17) is 0 Å². The molecule has 5 nitrogen and oxygen atoms in total. The van der Waals surface area contributed by atoms with E-state index < -0.39 is 6.61 Å². The van der Waals surface area contributed by atoms with Gasteiger partial charge in [0.15, 0.2) is 0 Å². The van der Waals surface area contributed by atoms with Gasteiger partial charge in [-0.15, -0.1) is 0 Å². The summed E-state index contributed by atoms with van der Waals surface area (Å²) in [7, 11) is 0. The maximum Gasteiger partial charge on any atom is 0.387 e. The average molecular weight is 281 g/mol. The second kappa shape index (κ2) is 6.65. The maximum absolute atomic E-state index is 12.0. The molecule has 0 aliphatic heterocycles. The fourth-order valence-electron chi connectivity index (χ4n) is 1.61. The maximum atomic E-state index is 12.0. The Labute approximate surface area is 114 Å². The Balaban J connectivity index is 1.81. The third-order valence-electron chi connectivity index (χ3n) is 2.52. The van der Waals surface area contributed by atoms with E-state index in [-0.39, 0.29) is 18.1 Å². The minimum Gasteiger partial charge on any atom is -0.435 e. The predicted octanol–water partition coefficient (Wildman–Crippen LogP) is 1.87. The van der Waals surface area contributed by atoms with Crippen LogP contribution in [0.25, 0.3) is 0 Å². The molecule has 1 amide bonds. The number of carbonyl (C=O) groups is 1. The number of H-pyrrole nitrogens is 1. The molecule has 1 aromatic carbocycles. The number of hydrogen-bond acceptors (Lipinski definition) is 3. The molecule has 0 aliphatic rings. The van der Waals surface area contributed by atoms with Crippen molar-refractivity contribution in [2.75, 3.05) is 0 Å². The molecule has 2 rings (SSSR count). The number of benzene rings is 1. The molecule has 20 heavy (non-hydrogen) atoms. The average Bonchev–Trinajstić information content (AvgIpc) is 2.91. The zero-order valence-electron chi connectivity index (χ0n) is 10.5. The summed E-state index contributed by atoms with van der Waals surface area (Å²) in [5, 5.41) is 2.70. The molecule has 106 valence electrons. The fourth-order valence-corrected chi connectivity index (χ4v) is 1.61. The molecule has 0 spiro atoms. The smallest absolute Gasteiger partial charge is 0.387 e. The number of amides is 1. The van der Waals surface area contributed by atoms with Crippen molar-refractivity contribution in [2.45, 2.75) is 19.6 Å². The van der Waals surface area contributed by atoms with Crippen LogP contribution in [0, 0.1) is 0 Å². The summed E-state index contributed by atoms with van der Waals surface area (Å²) < 4.78 is 28.2. The molecule has 0 atom stereocenters. The first-order chi connectivity index (χ1) is 9.63. The third-order valence-corrected chi connectivity index (χ3v) is 2.52. The van der Waals surface area contributed by atoms with E-state index in [1.165, 1.54) is 12.1 Å². The van der Waals surface area contributed by atoms with Crippen molar-refractivity contribution in [2.24, 2.45) is 0 Å². The van der Waals surface area contributed by atoms with Crippen LogP contribution >= 0.6 is 0 Å². The number of nitrogens with zero attached hydrogens (tertiary/aromatic N) is 1. The molecular formula is C13H13F2N3O2. The van der Waals surface area contributed by atoms with Gasteiger partial charge < -0.3 is 15.0 Å². The van der Waals surface area contributed by atoms with Crippen molar-refractivity contribution in [3.8, 4) is 5.75 Å². The van der Waals surface area contributed by atoms with Crippen LogP contribution in [-0.2, 0) is 17.8 Å². The number of ether oxygens (including phenoxy) is 1. The molecular weight excluding hydrogens is 268 g/mol. The van der Waals surface area contributed by atoms with E-state index in [9.17, 15) is 13.6 Å². The topological polar surface area (TPSA) is 67.0 Å². The van der Waals surface area contributed by atoms with Crippen LogP contribution in [0.1, 0.15) is 11.4 Å². The number of imidazole rings is 1. The summed E-state index contributed by atoms with van der Waals surface area (Å²) in [6, 6.07) is 5.96. The molecule has 7 heteroatoms. The Bertz CT molecular complexity index is 541. The lowest BCUT2D eigenvalue weighted by Crippen LogP contribution is -2.25. The number of aromatic amines is 1. The van der Waals surface area contributed by atoms with Gasteiger partial charge in [-0.05, 0) is 17.7 Å². The molecule has 0 radical (unpaired) electrons. The fraction of sp³-hybridized carbons (Fsp3) is 0.231. The minimum atomic E-state index is -2.85. The first-order valence-electron chi connectivity index (χ1n) is 5.92. The highest BCUT2D eigenvalue weighted by Gasteiger charge is 2.06. The highest BCUT2D eigenvalue weighted by Crippen LogP contribution is 2.15. The summed E-state index contributed by atoms with van der Waals surface area (Å²) >= 11 is 0.